The molecular formula is C40H48N4O6S2. The zero-order valence-electron chi connectivity index (χ0n) is 28.5. The summed E-state index contributed by atoms with van der Waals surface area (Å²) in [6, 6.07) is 18.5. The normalized spacial score (nSPS) is 16.7. The van der Waals surface area contributed by atoms with E-state index in [-0.39, 0.29) is 31.1 Å². The van der Waals surface area contributed by atoms with E-state index in [1.807, 2.05) is 27.6 Å². The number of hydrogen-bond acceptors (Lipinski definition) is 11. The fourth-order valence-corrected chi connectivity index (χ4v) is 9.41. The Kier molecular flexibility index (Phi) is 11.9. The van der Waals surface area contributed by atoms with Gasteiger partial charge in [0.05, 0.1) is 21.4 Å². The van der Waals surface area contributed by atoms with Crippen molar-refractivity contribution < 1.29 is 29.6 Å². The Hall–Kier alpha value is -3.94. The molecule has 276 valence electrons. The van der Waals surface area contributed by atoms with E-state index >= 15 is 0 Å². The standard InChI is InChI=1S/C39H44N4O6S2.CH4/c44-20-13-29-24-28(10-12-34(29)46)33(45)6-1-5-27-9-11-32-31(23-27)40-41-43(32)17-4-16-42-18-14-38(15-19-42)25-30(26-38)49-37(47)39(48,35-7-2-21-50-35)36-8-3-22-51-36;/h2-3,7-12,20-24,30,33,45-46,48H,1,4-6,13-19,25-26H2;1H4/t33-;/m0./s1. The van der Waals surface area contributed by atoms with Crippen molar-refractivity contribution >= 4 is 46.0 Å². The third kappa shape index (κ3) is 8.01. The number of aromatic hydroxyl groups is 1. The third-order valence-corrected chi connectivity index (χ3v) is 12.7. The average Bonchev–Trinajstić information content (AvgIpc) is 3.93. The number of aromatic nitrogens is 3. The summed E-state index contributed by atoms with van der Waals surface area (Å²) in [6.45, 7) is 3.83. The van der Waals surface area contributed by atoms with Gasteiger partial charge in [-0.1, -0.05) is 36.9 Å². The first-order valence-corrected chi connectivity index (χ1v) is 19.5. The largest absolute Gasteiger partial charge is 0.508 e. The summed E-state index contributed by atoms with van der Waals surface area (Å²) in [7, 11) is 0. The lowest BCUT2D eigenvalue weighted by atomic mass is 9.61. The van der Waals surface area contributed by atoms with Gasteiger partial charge in [0.2, 0.25) is 5.60 Å². The van der Waals surface area contributed by atoms with E-state index in [4.69, 9.17) is 4.74 Å². The van der Waals surface area contributed by atoms with Gasteiger partial charge in [0, 0.05) is 18.5 Å². The van der Waals surface area contributed by atoms with Gasteiger partial charge in [-0.15, -0.1) is 27.8 Å². The number of fused-ring (bicyclic) bond motifs is 1. The van der Waals surface area contributed by atoms with Crippen LogP contribution in [-0.2, 0) is 39.3 Å². The second kappa shape index (κ2) is 16.4. The van der Waals surface area contributed by atoms with Gasteiger partial charge in [-0.2, -0.15) is 0 Å². The van der Waals surface area contributed by atoms with Crippen molar-refractivity contribution in [3.05, 3.63) is 97.9 Å². The van der Waals surface area contributed by atoms with Crippen LogP contribution in [0.25, 0.3) is 11.0 Å². The van der Waals surface area contributed by atoms with E-state index in [0.717, 1.165) is 94.0 Å². The zero-order chi connectivity index (χ0) is 35.4. The first kappa shape index (κ1) is 37.8. The SMILES string of the molecule is C.O=CCc1cc([C@@H](O)CCCc2ccc3c(c2)nnn3CCCN2CCC3(CC2)CC(OC(=O)C(O)(c2cccs2)c2cccs2)C3)ccc1O. The van der Waals surface area contributed by atoms with Gasteiger partial charge in [0.1, 0.15) is 23.7 Å². The Labute approximate surface area is 312 Å². The molecule has 0 radical (unpaired) electrons. The topological polar surface area (TPSA) is 138 Å². The summed E-state index contributed by atoms with van der Waals surface area (Å²) >= 11 is 2.73. The van der Waals surface area contributed by atoms with Crippen LogP contribution in [0.15, 0.2) is 71.4 Å². The summed E-state index contributed by atoms with van der Waals surface area (Å²) in [5.41, 5.74) is 2.73. The van der Waals surface area contributed by atoms with E-state index in [9.17, 15) is 24.9 Å². The van der Waals surface area contributed by atoms with Crippen LogP contribution in [-0.4, -0.2) is 73.2 Å². The monoisotopic (exact) mass is 744 g/mol. The first-order valence-electron chi connectivity index (χ1n) is 17.8. The Morgan fingerprint density at radius 3 is 2.42 bits per heavy atom. The van der Waals surface area contributed by atoms with Crippen molar-refractivity contribution in [2.45, 2.75) is 89.6 Å². The number of ether oxygens (including phenoxy) is 1. The maximum absolute atomic E-state index is 13.3. The molecule has 3 aromatic heterocycles. The highest BCUT2D eigenvalue weighted by Crippen LogP contribution is 2.51. The highest BCUT2D eigenvalue weighted by molar-refractivity contribution is 7.12. The Bertz CT molecular complexity index is 1890. The molecule has 1 spiro atoms. The maximum Gasteiger partial charge on any atom is 0.349 e. The van der Waals surface area contributed by atoms with Crippen LogP contribution in [0, 0.1) is 5.41 Å². The Morgan fingerprint density at radius 2 is 1.75 bits per heavy atom. The highest BCUT2D eigenvalue weighted by Gasteiger charge is 2.51. The highest BCUT2D eigenvalue weighted by atomic mass is 32.1. The molecule has 1 atom stereocenters. The lowest BCUT2D eigenvalue weighted by Crippen LogP contribution is -2.52. The first-order chi connectivity index (χ1) is 24.8. The number of aldehydes is 1. The minimum absolute atomic E-state index is 0. The van der Waals surface area contributed by atoms with Gasteiger partial charge in [-0.3, -0.25) is 0 Å². The fraction of sp³-hybridized carbons (Fsp3) is 0.450. The fourth-order valence-electron chi connectivity index (χ4n) is 7.69. The number of aliphatic hydroxyl groups is 2. The van der Waals surface area contributed by atoms with Gasteiger partial charge >= 0.3 is 5.97 Å². The van der Waals surface area contributed by atoms with Crippen molar-refractivity contribution in [1.29, 1.82) is 0 Å². The molecule has 0 bridgehead atoms. The number of nitrogens with zero attached hydrogens (tertiary/aromatic N) is 4. The van der Waals surface area contributed by atoms with Crippen molar-refractivity contribution in [1.82, 2.24) is 19.9 Å². The van der Waals surface area contributed by atoms with Gasteiger partial charge < -0.3 is 29.8 Å². The van der Waals surface area contributed by atoms with Gasteiger partial charge in [-0.25, -0.2) is 9.48 Å². The van der Waals surface area contributed by atoms with Crippen LogP contribution < -0.4 is 0 Å². The van der Waals surface area contributed by atoms with Crippen molar-refractivity contribution in [3.63, 3.8) is 0 Å². The predicted molar refractivity (Wildman–Crippen MR) is 204 cm³/mol. The number of piperidine rings is 1. The van der Waals surface area contributed by atoms with E-state index in [1.165, 1.54) is 28.7 Å². The summed E-state index contributed by atoms with van der Waals surface area (Å²) < 4.78 is 7.91. The average molecular weight is 745 g/mol. The van der Waals surface area contributed by atoms with Crippen LogP contribution in [0.1, 0.15) is 84.9 Å². The van der Waals surface area contributed by atoms with E-state index in [1.54, 1.807) is 24.3 Å². The maximum atomic E-state index is 13.3. The van der Waals surface area contributed by atoms with Crippen molar-refractivity contribution in [2.24, 2.45) is 5.41 Å². The molecule has 1 aliphatic heterocycles. The number of carbonyl (C=O) groups is 2. The smallest absolute Gasteiger partial charge is 0.349 e. The van der Waals surface area contributed by atoms with Gasteiger partial charge in [0.15, 0.2) is 0 Å². The number of phenols is 1. The molecule has 10 nitrogen and oxygen atoms in total. The van der Waals surface area contributed by atoms with Crippen LogP contribution in [0.4, 0.5) is 0 Å². The molecule has 52 heavy (non-hydrogen) atoms. The molecule has 1 aliphatic carbocycles. The number of carbonyl (C=O) groups excluding carboxylic acids is 2. The molecule has 12 heteroatoms. The molecule has 0 amide bonds. The number of benzene rings is 2. The van der Waals surface area contributed by atoms with Crippen LogP contribution in [0.3, 0.4) is 0 Å². The second-order valence-corrected chi connectivity index (χ2v) is 16.0. The third-order valence-electron chi connectivity index (χ3n) is 10.7. The lowest BCUT2D eigenvalue weighted by molar-refractivity contribution is -0.181. The van der Waals surface area contributed by atoms with E-state index < -0.39 is 17.7 Å². The summed E-state index contributed by atoms with van der Waals surface area (Å²) in [5, 5.41) is 44.7. The van der Waals surface area contributed by atoms with Crippen LogP contribution >= 0.6 is 22.7 Å². The van der Waals surface area contributed by atoms with Gasteiger partial charge in [-0.05, 0) is 135 Å². The second-order valence-electron chi connectivity index (χ2n) is 14.1. The number of rotatable bonds is 15. The number of aliphatic hydroxyl groups excluding tert-OH is 1. The van der Waals surface area contributed by atoms with E-state index in [2.05, 4.69) is 33.4 Å². The van der Waals surface area contributed by atoms with E-state index in [0.29, 0.717) is 27.3 Å². The number of thiophene rings is 2. The number of hydrogen-bond donors (Lipinski definition) is 3. The molecule has 2 aliphatic rings. The number of phenolic OH excluding ortho intramolecular Hbond substituents is 1. The molecule has 1 saturated heterocycles. The predicted octanol–water partition coefficient (Wildman–Crippen LogP) is 6.81. The van der Waals surface area contributed by atoms with Crippen LogP contribution in [0.5, 0.6) is 5.75 Å². The summed E-state index contributed by atoms with van der Waals surface area (Å²) in [6.07, 6.45) is 7.05. The van der Waals surface area contributed by atoms with Crippen LogP contribution in [0.2, 0.25) is 0 Å². The lowest BCUT2D eigenvalue weighted by Gasteiger charge is -2.51. The molecule has 1 saturated carbocycles. The van der Waals surface area contributed by atoms with Gasteiger partial charge in [0.25, 0.3) is 0 Å². The molecule has 3 N–H and O–H groups in total. The zero-order valence-corrected chi connectivity index (χ0v) is 30.2. The Balaban J connectivity index is 0.00000464. The number of likely N-dealkylation sites (tertiary alicyclic amines) is 1. The number of esters is 1. The van der Waals surface area contributed by atoms with Crippen molar-refractivity contribution in [2.75, 3.05) is 19.6 Å². The molecule has 4 heterocycles. The minimum atomic E-state index is -1.75. The molecule has 5 aromatic rings. The Morgan fingerprint density at radius 1 is 1.02 bits per heavy atom. The molecule has 2 aromatic carbocycles. The quantitative estimate of drug-likeness (QED) is 0.0780. The molecule has 7 rings (SSSR count). The minimum Gasteiger partial charge on any atom is -0.508 e. The summed E-state index contributed by atoms with van der Waals surface area (Å²) in [5.74, 6) is -0.504. The van der Waals surface area contributed by atoms with Crippen molar-refractivity contribution in [3.8, 4) is 5.75 Å². The molecule has 2 fully saturated rings. The molecule has 0 unspecified atom stereocenters. The summed E-state index contributed by atoms with van der Waals surface area (Å²) in [4.78, 5) is 27.9. The molecular weight excluding hydrogens is 697 g/mol. The number of aryl methyl sites for hydroxylation is 2.